The maximum absolute atomic E-state index is 13.7. The van der Waals surface area contributed by atoms with E-state index in [1.807, 2.05) is 30.3 Å². The summed E-state index contributed by atoms with van der Waals surface area (Å²) in [4.78, 5) is 38.9. The molecule has 0 N–H and O–H groups in total. The highest BCUT2D eigenvalue weighted by Crippen LogP contribution is 2.38. The monoisotopic (exact) mass is 528 g/mol. The molecule has 0 bridgehead atoms. The van der Waals surface area contributed by atoms with Crippen LogP contribution in [0.5, 0.6) is 11.5 Å². The molecule has 2 aromatic rings. The van der Waals surface area contributed by atoms with E-state index in [0.29, 0.717) is 0 Å². The number of ketones is 1. The third-order valence-electron chi connectivity index (χ3n) is 7.19. The Labute approximate surface area is 219 Å². The van der Waals surface area contributed by atoms with Gasteiger partial charge in [-0.25, -0.2) is 0 Å². The van der Waals surface area contributed by atoms with Gasteiger partial charge < -0.3 is 18.8 Å². The van der Waals surface area contributed by atoms with E-state index >= 15 is 0 Å². The second kappa shape index (κ2) is 11.4. The van der Waals surface area contributed by atoms with Gasteiger partial charge in [0.2, 0.25) is 0 Å². The Kier molecular flexibility index (Phi) is 8.75. The number of methoxy groups -OCH3 is 1. The van der Waals surface area contributed by atoms with Gasteiger partial charge in [-0.15, -0.1) is 0 Å². The lowest BCUT2D eigenvalue weighted by Crippen LogP contribution is -2.51. The molecule has 1 amide bonds. The molecular weight excluding hydrogens is 492 g/mol. The van der Waals surface area contributed by atoms with Crippen molar-refractivity contribution in [3.8, 4) is 11.5 Å². The Bertz CT molecular complexity index is 1150. The van der Waals surface area contributed by atoms with Crippen LogP contribution < -0.4 is 9.47 Å². The van der Waals surface area contributed by atoms with Crippen molar-refractivity contribution in [3.63, 3.8) is 0 Å². The molecule has 1 fully saturated rings. The summed E-state index contributed by atoms with van der Waals surface area (Å²) in [6, 6.07) is 11.5. The molecule has 0 spiro atoms. The fourth-order valence-electron chi connectivity index (χ4n) is 3.87. The van der Waals surface area contributed by atoms with E-state index in [9.17, 15) is 19.7 Å². The number of amides is 1. The van der Waals surface area contributed by atoms with Crippen LogP contribution >= 0.6 is 0 Å². The molecule has 0 unspecified atom stereocenters. The number of hydrogen-bond donors (Lipinski definition) is 0. The maximum atomic E-state index is 13.7. The van der Waals surface area contributed by atoms with E-state index in [2.05, 4.69) is 33.9 Å². The first-order valence-electron chi connectivity index (χ1n) is 12.3. The minimum Gasteiger partial charge on any atom is -0.493 e. The lowest BCUT2D eigenvalue weighted by molar-refractivity contribution is -0.385. The molecule has 10 heteroatoms. The van der Waals surface area contributed by atoms with Crippen LogP contribution in [-0.2, 0) is 15.8 Å². The first kappa shape index (κ1) is 28.3. The molecule has 1 saturated heterocycles. The largest absolute Gasteiger partial charge is 0.493 e. The summed E-state index contributed by atoms with van der Waals surface area (Å²) >= 11 is 0. The summed E-state index contributed by atoms with van der Waals surface area (Å²) < 4.78 is 17.6. The van der Waals surface area contributed by atoms with Gasteiger partial charge in [-0.3, -0.25) is 19.7 Å². The van der Waals surface area contributed by atoms with Gasteiger partial charge in [-0.1, -0.05) is 51.1 Å². The van der Waals surface area contributed by atoms with Crippen molar-refractivity contribution in [3.05, 3.63) is 63.7 Å². The normalized spacial score (nSPS) is 16.4. The van der Waals surface area contributed by atoms with Gasteiger partial charge in [-0.2, -0.15) is 0 Å². The van der Waals surface area contributed by atoms with E-state index in [-0.39, 0.29) is 66.2 Å². The lowest BCUT2D eigenvalue weighted by Gasteiger charge is -2.40. The van der Waals surface area contributed by atoms with Gasteiger partial charge in [0.1, 0.15) is 18.0 Å². The van der Waals surface area contributed by atoms with E-state index in [0.717, 1.165) is 5.56 Å². The SMILES string of the molecule is COc1cc(C(=O)N2CCC(=O)C[C@H]2CO[Si](C)(C)C(C)(C)C)c([N+](=O)[O-])cc1OCc1ccccc1. The molecule has 1 heterocycles. The topological polar surface area (TPSA) is 108 Å². The molecule has 3 rings (SSSR count). The van der Waals surface area contributed by atoms with Crippen LogP contribution in [0, 0.1) is 10.1 Å². The van der Waals surface area contributed by atoms with Crippen molar-refractivity contribution in [2.45, 2.75) is 64.4 Å². The standard InChI is InChI=1S/C27H36N2O7Si/c1-27(2,3)37(5,6)36-18-20-14-21(30)12-13-28(20)26(31)22-15-24(34-4)25(16-23(22)29(32)33)35-17-19-10-8-7-9-11-19/h7-11,15-16,20H,12-14,17-18H2,1-6H3/t20-/m0/s1. The van der Waals surface area contributed by atoms with Crippen molar-refractivity contribution in [1.82, 2.24) is 4.90 Å². The van der Waals surface area contributed by atoms with E-state index < -0.39 is 25.2 Å². The van der Waals surface area contributed by atoms with Gasteiger partial charge in [-0.05, 0) is 23.7 Å². The van der Waals surface area contributed by atoms with Crippen LogP contribution in [0.2, 0.25) is 18.1 Å². The number of nitrogens with zero attached hydrogens (tertiary/aromatic N) is 2. The number of carbonyl (C=O) groups excluding carboxylic acids is 2. The summed E-state index contributed by atoms with van der Waals surface area (Å²) in [5, 5.41) is 12.0. The Hall–Kier alpha value is -3.24. The van der Waals surface area contributed by atoms with Crippen LogP contribution in [0.1, 0.15) is 49.5 Å². The molecular formula is C27H36N2O7Si. The van der Waals surface area contributed by atoms with Crippen LogP contribution in [0.4, 0.5) is 5.69 Å². The number of likely N-dealkylation sites (tertiary alicyclic amines) is 1. The van der Waals surface area contributed by atoms with Crippen LogP contribution in [0.25, 0.3) is 0 Å². The van der Waals surface area contributed by atoms with Crippen molar-refractivity contribution < 1.29 is 28.4 Å². The van der Waals surface area contributed by atoms with Gasteiger partial charge in [0.25, 0.3) is 11.6 Å². The number of hydrogen-bond acceptors (Lipinski definition) is 7. The van der Waals surface area contributed by atoms with Crippen molar-refractivity contribution in [2.75, 3.05) is 20.3 Å². The molecule has 0 radical (unpaired) electrons. The third kappa shape index (κ3) is 6.75. The summed E-state index contributed by atoms with van der Waals surface area (Å²) in [6.45, 7) is 11.1. The number of carbonyl (C=O) groups is 2. The zero-order chi connectivity index (χ0) is 27.4. The molecule has 1 aliphatic rings. The van der Waals surface area contributed by atoms with Crippen molar-refractivity contribution >= 4 is 25.7 Å². The zero-order valence-corrected chi connectivity index (χ0v) is 23.4. The Morgan fingerprint density at radius 3 is 2.43 bits per heavy atom. The fourth-order valence-corrected chi connectivity index (χ4v) is 4.92. The van der Waals surface area contributed by atoms with Crippen molar-refractivity contribution in [2.24, 2.45) is 0 Å². The minimum atomic E-state index is -2.14. The van der Waals surface area contributed by atoms with Gasteiger partial charge in [0.15, 0.2) is 19.8 Å². The zero-order valence-electron chi connectivity index (χ0n) is 22.4. The highest BCUT2D eigenvalue weighted by Gasteiger charge is 2.40. The summed E-state index contributed by atoms with van der Waals surface area (Å²) in [5.41, 5.74) is 0.394. The average molecular weight is 529 g/mol. The van der Waals surface area contributed by atoms with Crippen LogP contribution in [-0.4, -0.2) is 56.1 Å². The quantitative estimate of drug-likeness (QED) is 0.244. The first-order valence-corrected chi connectivity index (χ1v) is 15.2. The predicted octanol–water partition coefficient (Wildman–Crippen LogP) is 5.38. The lowest BCUT2D eigenvalue weighted by atomic mass is 9.99. The van der Waals surface area contributed by atoms with E-state index in [1.165, 1.54) is 24.1 Å². The van der Waals surface area contributed by atoms with Gasteiger partial charge in [0, 0.05) is 25.5 Å². The highest BCUT2D eigenvalue weighted by molar-refractivity contribution is 6.74. The fraction of sp³-hybridized carbons (Fsp3) is 0.481. The average Bonchev–Trinajstić information content (AvgIpc) is 2.85. The minimum absolute atomic E-state index is 0.0394. The third-order valence-corrected chi connectivity index (χ3v) is 11.7. The molecule has 0 aliphatic carbocycles. The van der Waals surface area contributed by atoms with E-state index in [4.69, 9.17) is 13.9 Å². The second-order valence-electron chi connectivity index (χ2n) is 10.8. The molecule has 200 valence electrons. The maximum Gasteiger partial charge on any atom is 0.286 e. The van der Waals surface area contributed by atoms with E-state index in [1.54, 1.807) is 0 Å². The molecule has 37 heavy (non-hydrogen) atoms. The first-order chi connectivity index (χ1) is 17.3. The summed E-state index contributed by atoms with van der Waals surface area (Å²) in [6.07, 6.45) is 0.356. The van der Waals surface area contributed by atoms with Crippen molar-refractivity contribution in [1.29, 1.82) is 0 Å². The molecule has 9 nitrogen and oxygen atoms in total. The highest BCUT2D eigenvalue weighted by atomic mass is 28.4. The number of piperidine rings is 1. The smallest absolute Gasteiger partial charge is 0.286 e. The Balaban J connectivity index is 1.90. The van der Waals surface area contributed by atoms with Gasteiger partial charge >= 0.3 is 0 Å². The number of nitro benzene ring substituents is 1. The Morgan fingerprint density at radius 2 is 1.84 bits per heavy atom. The molecule has 1 aliphatic heterocycles. The number of nitro groups is 1. The van der Waals surface area contributed by atoms with Crippen LogP contribution in [0.15, 0.2) is 42.5 Å². The molecule has 0 aromatic heterocycles. The second-order valence-corrected chi connectivity index (χ2v) is 15.6. The van der Waals surface area contributed by atoms with Crippen LogP contribution in [0.3, 0.4) is 0 Å². The summed E-state index contributed by atoms with van der Waals surface area (Å²) in [7, 11) is -0.720. The Morgan fingerprint density at radius 1 is 1.16 bits per heavy atom. The summed E-state index contributed by atoms with van der Waals surface area (Å²) in [5.74, 6) is -0.103. The number of Topliss-reactive ketones (excluding diaryl/α,β-unsaturated/α-hetero) is 1. The molecule has 0 saturated carbocycles. The molecule has 2 aromatic carbocycles. The number of rotatable bonds is 9. The predicted molar refractivity (Wildman–Crippen MR) is 143 cm³/mol. The van der Waals surface area contributed by atoms with Gasteiger partial charge in [0.05, 0.1) is 30.7 Å². The molecule has 1 atom stereocenters. The number of benzene rings is 2. The number of ether oxygens (including phenoxy) is 2.